The highest BCUT2D eigenvalue weighted by Gasteiger charge is 2.07. The summed E-state index contributed by atoms with van der Waals surface area (Å²) in [5.74, 6) is -0.0243. The normalized spacial score (nSPS) is 11.5. The molecule has 114 valence electrons. The Morgan fingerprint density at radius 3 is 2.95 bits per heavy atom. The fourth-order valence-corrected chi connectivity index (χ4v) is 2.13. The largest absolute Gasteiger partial charge is 0.352 e. The molecule has 2 aromatic rings. The summed E-state index contributed by atoms with van der Waals surface area (Å²) in [6.07, 6.45) is 3.84. The monoisotopic (exact) mass is 288 g/mol. The van der Waals surface area contributed by atoms with Crippen molar-refractivity contribution < 1.29 is 4.79 Å². The lowest BCUT2D eigenvalue weighted by molar-refractivity contribution is 0.0952. The maximum Gasteiger partial charge on any atom is 0.251 e. The second-order valence-corrected chi connectivity index (χ2v) is 5.71. The molecule has 1 heterocycles. The molecule has 5 heteroatoms. The van der Waals surface area contributed by atoms with E-state index in [0.29, 0.717) is 18.2 Å². The van der Waals surface area contributed by atoms with Crippen molar-refractivity contribution in [2.24, 2.45) is 0 Å². The first kappa shape index (κ1) is 15.5. The maximum atomic E-state index is 12.1. The van der Waals surface area contributed by atoms with Gasteiger partial charge in [-0.2, -0.15) is 5.10 Å². The van der Waals surface area contributed by atoms with Gasteiger partial charge in [-0.3, -0.25) is 9.89 Å². The molecule has 0 fully saturated rings. The minimum Gasteiger partial charge on any atom is -0.352 e. The summed E-state index contributed by atoms with van der Waals surface area (Å²) in [6.45, 7) is 6.15. The van der Waals surface area contributed by atoms with E-state index < -0.39 is 0 Å². The van der Waals surface area contributed by atoms with Crippen LogP contribution in [0.15, 0.2) is 24.4 Å². The Morgan fingerprint density at radius 1 is 1.38 bits per heavy atom. The number of amides is 1. The second-order valence-electron chi connectivity index (χ2n) is 5.71. The van der Waals surface area contributed by atoms with Crippen molar-refractivity contribution in [1.29, 1.82) is 0 Å². The van der Waals surface area contributed by atoms with Crippen LogP contribution in [0, 0.1) is 0 Å². The first-order valence-electron chi connectivity index (χ1n) is 7.49. The van der Waals surface area contributed by atoms with Crippen molar-refractivity contribution in [2.75, 3.05) is 20.1 Å². The Bertz CT molecular complexity index is 591. The lowest BCUT2D eigenvalue weighted by Crippen LogP contribution is -2.29. The van der Waals surface area contributed by atoms with Crippen molar-refractivity contribution >= 4 is 16.8 Å². The summed E-state index contributed by atoms with van der Waals surface area (Å²) in [6, 6.07) is 6.15. The zero-order chi connectivity index (χ0) is 15.2. The van der Waals surface area contributed by atoms with Crippen LogP contribution in [0.3, 0.4) is 0 Å². The van der Waals surface area contributed by atoms with Crippen LogP contribution in [0.25, 0.3) is 10.9 Å². The van der Waals surface area contributed by atoms with Gasteiger partial charge in [0.1, 0.15) is 0 Å². The molecular formula is C16H24N4O. The minimum absolute atomic E-state index is 0.0243. The van der Waals surface area contributed by atoms with Gasteiger partial charge in [0.15, 0.2) is 0 Å². The highest BCUT2D eigenvalue weighted by Crippen LogP contribution is 2.12. The number of unbranched alkanes of at least 4 members (excludes halogenated alkanes) is 1. The van der Waals surface area contributed by atoms with Gasteiger partial charge in [-0.1, -0.05) is 6.07 Å². The van der Waals surface area contributed by atoms with Gasteiger partial charge in [-0.25, -0.2) is 0 Å². The number of rotatable bonds is 7. The Hall–Kier alpha value is -1.88. The number of hydrogen-bond acceptors (Lipinski definition) is 3. The standard InChI is InChI=1S/C16H24N4O/c1-12(2)20(3)9-5-4-8-17-16(21)13-6-7-14-11-18-19-15(14)10-13/h6-7,10-12H,4-5,8-9H2,1-3H3,(H,17,21)(H,18,19). The minimum atomic E-state index is -0.0243. The molecule has 5 nitrogen and oxygen atoms in total. The van der Waals surface area contributed by atoms with E-state index in [-0.39, 0.29) is 5.91 Å². The van der Waals surface area contributed by atoms with E-state index in [4.69, 9.17) is 0 Å². The molecule has 0 unspecified atom stereocenters. The third-order valence-corrected chi connectivity index (χ3v) is 3.81. The molecule has 1 amide bonds. The lowest BCUT2D eigenvalue weighted by Gasteiger charge is -2.20. The lowest BCUT2D eigenvalue weighted by atomic mass is 10.1. The molecule has 0 saturated heterocycles. The van der Waals surface area contributed by atoms with E-state index in [0.717, 1.165) is 30.3 Å². The van der Waals surface area contributed by atoms with Gasteiger partial charge < -0.3 is 10.2 Å². The molecule has 2 N–H and O–H groups in total. The number of nitrogens with one attached hydrogen (secondary N) is 2. The van der Waals surface area contributed by atoms with Crippen molar-refractivity contribution in [3.8, 4) is 0 Å². The van der Waals surface area contributed by atoms with E-state index in [2.05, 4.69) is 41.3 Å². The Labute approximate surface area is 125 Å². The van der Waals surface area contributed by atoms with Crippen molar-refractivity contribution in [1.82, 2.24) is 20.4 Å². The number of aromatic amines is 1. The molecule has 21 heavy (non-hydrogen) atoms. The quantitative estimate of drug-likeness (QED) is 0.769. The first-order chi connectivity index (χ1) is 10.1. The molecule has 2 rings (SSSR count). The van der Waals surface area contributed by atoms with Gasteiger partial charge in [-0.15, -0.1) is 0 Å². The third kappa shape index (κ3) is 4.29. The zero-order valence-corrected chi connectivity index (χ0v) is 13.0. The predicted octanol–water partition coefficient (Wildman–Crippen LogP) is 2.41. The van der Waals surface area contributed by atoms with Gasteiger partial charge >= 0.3 is 0 Å². The summed E-state index contributed by atoms with van der Waals surface area (Å²) in [7, 11) is 2.13. The summed E-state index contributed by atoms with van der Waals surface area (Å²) in [5, 5.41) is 10.8. The molecule has 0 spiro atoms. The van der Waals surface area contributed by atoms with Crippen molar-refractivity contribution in [3.63, 3.8) is 0 Å². The first-order valence-corrected chi connectivity index (χ1v) is 7.49. The third-order valence-electron chi connectivity index (χ3n) is 3.81. The van der Waals surface area contributed by atoms with Crippen LogP contribution in [0.2, 0.25) is 0 Å². The molecular weight excluding hydrogens is 264 g/mol. The Balaban J connectivity index is 1.74. The Kier molecular flexibility index (Phi) is 5.33. The second kappa shape index (κ2) is 7.22. The maximum absolute atomic E-state index is 12.1. The molecule has 0 aliphatic carbocycles. The number of H-pyrrole nitrogens is 1. The number of hydrogen-bond donors (Lipinski definition) is 2. The molecule has 1 aromatic heterocycles. The van der Waals surface area contributed by atoms with Gasteiger partial charge in [-0.05, 0) is 52.4 Å². The molecule has 0 aliphatic heterocycles. The van der Waals surface area contributed by atoms with Crippen molar-refractivity contribution in [3.05, 3.63) is 30.0 Å². The van der Waals surface area contributed by atoms with Crippen LogP contribution in [0.1, 0.15) is 37.0 Å². The summed E-state index contributed by atoms with van der Waals surface area (Å²) in [4.78, 5) is 14.4. The van der Waals surface area contributed by atoms with Gasteiger partial charge in [0.25, 0.3) is 5.91 Å². The van der Waals surface area contributed by atoms with Crippen LogP contribution in [0.5, 0.6) is 0 Å². The molecule has 0 bridgehead atoms. The highest BCUT2D eigenvalue weighted by atomic mass is 16.1. The van der Waals surface area contributed by atoms with Gasteiger partial charge in [0.05, 0.1) is 11.7 Å². The number of aromatic nitrogens is 2. The Morgan fingerprint density at radius 2 is 2.19 bits per heavy atom. The van der Waals surface area contributed by atoms with Crippen LogP contribution >= 0.6 is 0 Å². The fraction of sp³-hybridized carbons (Fsp3) is 0.500. The number of fused-ring (bicyclic) bond motifs is 1. The van der Waals surface area contributed by atoms with E-state index in [1.54, 1.807) is 6.20 Å². The fourth-order valence-electron chi connectivity index (χ4n) is 2.13. The topological polar surface area (TPSA) is 61.0 Å². The number of carbonyl (C=O) groups is 1. The molecule has 0 aliphatic rings. The average molecular weight is 288 g/mol. The van der Waals surface area contributed by atoms with Gasteiger partial charge in [0.2, 0.25) is 0 Å². The molecule has 0 atom stereocenters. The number of nitrogens with zero attached hydrogens (tertiary/aromatic N) is 2. The molecule has 1 aromatic carbocycles. The number of benzene rings is 1. The van der Waals surface area contributed by atoms with Crippen LogP contribution < -0.4 is 5.32 Å². The predicted molar refractivity (Wildman–Crippen MR) is 85.4 cm³/mol. The smallest absolute Gasteiger partial charge is 0.251 e. The van der Waals surface area contributed by atoms with E-state index in [1.807, 2.05) is 18.2 Å². The summed E-state index contributed by atoms with van der Waals surface area (Å²) >= 11 is 0. The summed E-state index contributed by atoms with van der Waals surface area (Å²) < 4.78 is 0. The van der Waals surface area contributed by atoms with Crippen LogP contribution in [-0.4, -0.2) is 47.2 Å². The van der Waals surface area contributed by atoms with E-state index in [1.165, 1.54) is 0 Å². The van der Waals surface area contributed by atoms with Crippen LogP contribution in [0.4, 0.5) is 0 Å². The van der Waals surface area contributed by atoms with Crippen LogP contribution in [-0.2, 0) is 0 Å². The molecule has 0 saturated carbocycles. The number of carbonyl (C=O) groups excluding carboxylic acids is 1. The van der Waals surface area contributed by atoms with E-state index >= 15 is 0 Å². The average Bonchev–Trinajstić information content (AvgIpc) is 2.93. The summed E-state index contributed by atoms with van der Waals surface area (Å²) in [5.41, 5.74) is 1.56. The van der Waals surface area contributed by atoms with E-state index in [9.17, 15) is 4.79 Å². The van der Waals surface area contributed by atoms with Gasteiger partial charge in [0, 0.05) is 23.5 Å². The van der Waals surface area contributed by atoms with Crippen molar-refractivity contribution in [2.45, 2.75) is 32.7 Å². The highest BCUT2D eigenvalue weighted by molar-refractivity contribution is 5.97. The molecule has 0 radical (unpaired) electrons. The SMILES string of the molecule is CC(C)N(C)CCCCNC(=O)c1ccc2cn[nH]c2c1. The zero-order valence-electron chi connectivity index (χ0n) is 13.0.